The molecule has 0 saturated heterocycles. The number of aliphatic hydroxyl groups excluding tert-OH is 1. The third kappa shape index (κ3) is 2.00. The average molecular weight is 220 g/mol. The number of benzene rings is 1. The van der Waals surface area contributed by atoms with E-state index in [1.54, 1.807) is 0 Å². The Kier molecular flexibility index (Phi) is 3.31. The average Bonchev–Trinajstić information content (AvgIpc) is 2.84. The van der Waals surface area contributed by atoms with Crippen molar-refractivity contribution >= 4 is 0 Å². The Bertz CT molecular complexity index is 336. The zero-order chi connectivity index (χ0) is 11.6. The summed E-state index contributed by atoms with van der Waals surface area (Å²) in [5.74, 6) is 0.641. The van der Waals surface area contributed by atoms with Gasteiger partial charge >= 0.3 is 0 Å². The lowest BCUT2D eigenvalue weighted by Gasteiger charge is -2.11. The highest BCUT2D eigenvalue weighted by molar-refractivity contribution is 5.23. The van der Waals surface area contributed by atoms with E-state index >= 15 is 0 Å². The molecule has 1 aromatic rings. The molecule has 0 aromatic heterocycles. The molecular formula is C14H20O2. The van der Waals surface area contributed by atoms with Crippen LogP contribution in [0.25, 0.3) is 0 Å². The molecule has 2 nitrogen and oxygen atoms in total. The second-order valence-corrected chi connectivity index (χ2v) is 4.79. The van der Waals surface area contributed by atoms with Crippen LogP contribution < -0.4 is 0 Å². The molecule has 2 N–H and O–H groups in total. The molecule has 0 heterocycles. The van der Waals surface area contributed by atoms with Gasteiger partial charge in [-0.2, -0.15) is 0 Å². The minimum Gasteiger partial charge on any atom is -0.396 e. The van der Waals surface area contributed by atoms with Crippen LogP contribution >= 0.6 is 0 Å². The van der Waals surface area contributed by atoms with Gasteiger partial charge < -0.3 is 10.2 Å². The van der Waals surface area contributed by atoms with Gasteiger partial charge in [0.25, 0.3) is 0 Å². The Hall–Kier alpha value is -0.860. The second kappa shape index (κ2) is 4.56. The summed E-state index contributed by atoms with van der Waals surface area (Å²) in [4.78, 5) is 0. The maximum absolute atomic E-state index is 10.5. The van der Waals surface area contributed by atoms with Gasteiger partial charge in [0.2, 0.25) is 0 Å². The Balaban J connectivity index is 2.04. The van der Waals surface area contributed by atoms with Gasteiger partial charge in [-0.25, -0.2) is 0 Å². The summed E-state index contributed by atoms with van der Waals surface area (Å²) in [6.07, 6.45) is 2.44. The fourth-order valence-corrected chi connectivity index (χ4v) is 3.00. The van der Waals surface area contributed by atoms with E-state index < -0.39 is 5.60 Å². The molecule has 1 aliphatic rings. The molecule has 1 saturated carbocycles. The lowest BCUT2D eigenvalue weighted by atomic mass is 10.0. The summed E-state index contributed by atoms with van der Waals surface area (Å²) in [6.45, 7) is 2.29. The fourth-order valence-electron chi connectivity index (χ4n) is 3.00. The predicted octanol–water partition coefficient (Wildman–Crippen LogP) is 2.00. The molecule has 16 heavy (non-hydrogen) atoms. The summed E-state index contributed by atoms with van der Waals surface area (Å²) in [5, 5.41) is 19.5. The summed E-state index contributed by atoms with van der Waals surface area (Å²) in [6, 6.07) is 10.1. The van der Waals surface area contributed by atoms with Crippen molar-refractivity contribution in [3.63, 3.8) is 0 Å². The monoisotopic (exact) mass is 220 g/mol. The first-order valence-corrected chi connectivity index (χ1v) is 6.09. The van der Waals surface area contributed by atoms with Crippen LogP contribution in [0.4, 0.5) is 0 Å². The summed E-state index contributed by atoms with van der Waals surface area (Å²) >= 11 is 0. The summed E-state index contributed by atoms with van der Waals surface area (Å²) in [7, 11) is 0. The van der Waals surface area contributed by atoms with Crippen molar-refractivity contribution in [3.05, 3.63) is 35.9 Å². The van der Waals surface area contributed by atoms with Gasteiger partial charge in [-0.3, -0.25) is 0 Å². The second-order valence-electron chi connectivity index (χ2n) is 4.79. The lowest BCUT2D eigenvalue weighted by molar-refractivity contribution is 0.112. The minimum atomic E-state index is -0.571. The van der Waals surface area contributed by atoms with Crippen LogP contribution in [0.5, 0.6) is 0 Å². The van der Waals surface area contributed by atoms with Crippen molar-refractivity contribution in [2.75, 3.05) is 6.61 Å². The smallest absolute Gasteiger partial charge is 0.0752 e. The van der Waals surface area contributed by atoms with Crippen molar-refractivity contribution < 1.29 is 10.2 Å². The van der Waals surface area contributed by atoms with E-state index in [0.29, 0.717) is 5.92 Å². The molecule has 0 bridgehead atoms. The number of aliphatic hydroxyl groups is 2. The van der Waals surface area contributed by atoms with Crippen LogP contribution in [0.15, 0.2) is 30.3 Å². The van der Waals surface area contributed by atoms with Crippen molar-refractivity contribution in [1.29, 1.82) is 0 Å². The lowest BCUT2D eigenvalue weighted by Crippen LogP contribution is -2.17. The highest BCUT2D eigenvalue weighted by atomic mass is 16.3. The molecule has 0 spiro atoms. The summed E-state index contributed by atoms with van der Waals surface area (Å²) in [5.41, 5.74) is 0.614. The van der Waals surface area contributed by atoms with Crippen LogP contribution in [0.1, 0.15) is 25.3 Å². The van der Waals surface area contributed by atoms with E-state index in [0.717, 1.165) is 19.3 Å². The topological polar surface area (TPSA) is 40.5 Å². The molecule has 0 unspecified atom stereocenters. The number of hydrogen-bond acceptors (Lipinski definition) is 2. The Labute approximate surface area is 96.9 Å². The first kappa shape index (κ1) is 11.6. The van der Waals surface area contributed by atoms with Gasteiger partial charge in [-0.1, -0.05) is 43.7 Å². The zero-order valence-corrected chi connectivity index (χ0v) is 9.76. The molecule has 88 valence electrons. The maximum Gasteiger partial charge on any atom is 0.0752 e. The van der Waals surface area contributed by atoms with Gasteiger partial charge in [0.1, 0.15) is 0 Å². The molecule has 1 fully saturated rings. The highest BCUT2D eigenvalue weighted by Crippen LogP contribution is 2.55. The van der Waals surface area contributed by atoms with Crippen LogP contribution in [-0.2, 0) is 6.42 Å². The van der Waals surface area contributed by atoms with Crippen molar-refractivity contribution in [3.8, 4) is 0 Å². The molecule has 0 radical (unpaired) electrons. The Morgan fingerprint density at radius 2 is 1.88 bits per heavy atom. The molecule has 3 atom stereocenters. The van der Waals surface area contributed by atoms with Crippen molar-refractivity contribution in [2.24, 2.45) is 11.8 Å². The highest BCUT2D eigenvalue weighted by Gasteiger charge is 2.61. The molecule has 0 aliphatic heterocycles. The third-order valence-electron chi connectivity index (χ3n) is 3.87. The van der Waals surface area contributed by atoms with Gasteiger partial charge in [0.15, 0.2) is 0 Å². The first-order valence-electron chi connectivity index (χ1n) is 6.09. The molecule has 0 amide bonds. The summed E-state index contributed by atoms with van der Waals surface area (Å²) < 4.78 is 0. The van der Waals surface area contributed by atoms with Crippen LogP contribution in [0, 0.1) is 11.8 Å². The van der Waals surface area contributed by atoms with Gasteiger partial charge in [0, 0.05) is 13.0 Å². The van der Waals surface area contributed by atoms with E-state index in [4.69, 9.17) is 5.11 Å². The standard InChI is InChI=1S/C14H20O2/c1-2-12-13(8-9-15)14(12,16)10-11-6-4-3-5-7-11/h3-7,12-13,15-16H,2,8-10H2,1H3/t12-,13-,14+/m1/s1. The van der Waals surface area contributed by atoms with E-state index in [9.17, 15) is 5.11 Å². The normalized spacial score (nSPS) is 32.7. The predicted molar refractivity (Wildman–Crippen MR) is 64.1 cm³/mol. The van der Waals surface area contributed by atoms with E-state index in [1.165, 1.54) is 5.56 Å². The van der Waals surface area contributed by atoms with Gasteiger partial charge in [-0.05, 0) is 23.8 Å². The Morgan fingerprint density at radius 1 is 1.19 bits per heavy atom. The van der Waals surface area contributed by atoms with E-state index in [1.807, 2.05) is 18.2 Å². The quantitative estimate of drug-likeness (QED) is 0.796. The zero-order valence-electron chi connectivity index (χ0n) is 9.76. The Morgan fingerprint density at radius 3 is 2.44 bits per heavy atom. The third-order valence-corrected chi connectivity index (χ3v) is 3.87. The van der Waals surface area contributed by atoms with E-state index in [2.05, 4.69) is 19.1 Å². The molecule has 1 aliphatic carbocycles. The van der Waals surface area contributed by atoms with Crippen molar-refractivity contribution in [1.82, 2.24) is 0 Å². The van der Waals surface area contributed by atoms with E-state index in [-0.39, 0.29) is 12.5 Å². The number of rotatable bonds is 5. The maximum atomic E-state index is 10.5. The SMILES string of the molecule is CC[C@@H]1[C@@H](CCO)[C@]1(O)Cc1ccccc1. The molecule has 1 aromatic carbocycles. The molecular weight excluding hydrogens is 200 g/mol. The fraction of sp³-hybridized carbons (Fsp3) is 0.571. The van der Waals surface area contributed by atoms with Gasteiger partial charge in [-0.15, -0.1) is 0 Å². The van der Waals surface area contributed by atoms with Gasteiger partial charge in [0.05, 0.1) is 5.60 Å². The van der Waals surface area contributed by atoms with Crippen molar-refractivity contribution in [2.45, 2.75) is 31.8 Å². The minimum absolute atomic E-state index is 0.179. The molecule has 2 heteroatoms. The van der Waals surface area contributed by atoms with Crippen LogP contribution in [0.3, 0.4) is 0 Å². The largest absolute Gasteiger partial charge is 0.396 e. The van der Waals surface area contributed by atoms with Crippen LogP contribution in [-0.4, -0.2) is 22.4 Å². The molecule has 2 rings (SSSR count). The van der Waals surface area contributed by atoms with Crippen LogP contribution in [0.2, 0.25) is 0 Å². The first-order chi connectivity index (χ1) is 7.72. The number of hydrogen-bond donors (Lipinski definition) is 2.